The van der Waals surface area contributed by atoms with E-state index in [0.717, 1.165) is 21.8 Å². The Hall–Kier alpha value is -2.14. The third-order valence-corrected chi connectivity index (χ3v) is 4.19. The third kappa shape index (κ3) is 2.32. The smallest absolute Gasteiger partial charge is 0.311 e. The van der Waals surface area contributed by atoms with E-state index in [4.69, 9.17) is 0 Å². The van der Waals surface area contributed by atoms with Crippen molar-refractivity contribution in [1.82, 2.24) is 9.38 Å². The molecule has 0 saturated heterocycles. The van der Waals surface area contributed by atoms with Gasteiger partial charge in [-0.05, 0) is 18.1 Å². The molecule has 1 atom stereocenters. The number of carboxylic acids is 1. The Morgan fingerprint density at radius 3 is 2.95 bits per heavy atom. The SMILES string of the molecule is Cc1ccccc1C(Cc1cn2ccsc2n1)C(=O)O. The number of rotatable bonds is 4. The minimum Gasteiger partial charge on any atom is -0.481 e. The molecule has 102 valence electrons. The average molecular weight is 286 g/mol. The van der Waals surface area contributed by atoms with E-state index < -0.39 is 11.9 Å². The van der Waals surface area contributed by atoms with Crippen molar-refractivity contribution in [3.8, 4) is 0 Å². The standard InChI is InChI=1S/C15H14N2O2S/c1-10-4-2-3-5-12(10)13(14(18)19)8-11-9-17-6-7-20-15(17)16-11/h2-7,9,13H,8H2,1H3,(H,18,19). The summed E-state index contributed by atoms with van der Waals surface area (Å²) in [4.78, 5) is 16.9. The van der Waals surface area contributed by atoms with Crippen LogP contribution in [-0.4, -0.2) is 20.5 Å². The summed E-state index contributed by atoms with van der Waals surface area (Å²) in [5.74, 6) is -1.36. The number of thiazole rings is 1. The molecule has 20 heavy (non-hydrogen) atoms. The molecule has 4 nitrogen and oxygen atoms in total. The van der Waals surface area contributed by atoms with E-state index in [1.54, 1.807) is 11.3 Å². The summed E-state index contributed by atoms with van der Waals surface area (Å²) in [6.45, 7) is 1.94. The summed E-state index contributed by atoms with van der Waals surface area (Å²) in [5, 5.41) is 11.5. The molecular formula is C15H14N2O2S. The number of benzene rings is 1. The molecule has 0 aliphatic rings. The Balaban J connectivity index is 1.94. The van der Waals surface area contributed by atoms with E-state index in [9.17, 15) is 9.90 Å². The van der Waals surface area contributed by atoms with Gasteiger partial charge >= 0.3 is 5.97 Å². The van der Waals surface area contributed by atoms with Crippen molar-refractivity contribution in [1.29, 1.82) is 0 Å². The Bertz CT molecular complexity index is 731. The van der Waals surface area contributed by atoms with E-state index in [1.165, 1.54) is 0 Å². The highest BCUT2D eigenvalue weighted by molar-refractivity contribution is 7.15. The first-order valence-corrected chi connectivity index (χ1v) is 7.22. The van der Waals surface area contributed by atoms with Gasteiger partial charge in [0.25, 0.3) is 0 Å². The van der Waals surface area contributed by atoms with E-state index in [2.05, 4.69) is 4.98 Å². The minimum atomic E-state index is -0.810. The lowest BCUT2D eigenvalue weighted by atomic mass is 9.91. The fourth-order valence-corrected chi connectivity index (χ4v) is 3.11. The zero-order chi connectivity index (χ0) is 14.1. The summed E-state index contributed by atoms with van der Waals surface area (Å²) < 4.78 is 1.93. The molecule has 5 heteroatoms. The molecule has 0 bridgehead atoms. The van der Waals surface area contributed by atoms with E-state index in [0.29, 0.717) is 6.42 Å². The molecule has 2 heterocycles. The highest BCUT2D eigenvalue weighted by atomic mass is 32.1. The second-order valence-electron chi connectivity index (χ2n) is 4.78. The van der Waals surface area contributed by atoms with Crippen molar-refractivity contribution in [2.75, 3.05) is 0 Å². The van der Waals surface area contributed by atoms with Gasteiger partial charge < -0.3 is 5.11 Å². The van der Waals surface area contributed by atoms with Gasteiger partial charge in [0.05, 0.1) is 11.6 Å². The van der Waals surface area contributed by atoms with Crippen LogP contribution in [0, 0.1) is 6.92 Å². The first-order chi connectivity index (χ1) is 9.65. The maximum Gasteiger partial charge on any atom is 0.311 e. The zero-order valence-corrected chi connectivity index (χ0v) is 11.8. The number of fused-ring (bicyclic) bond motifs is 1. The van der Waals surface area contributed by atoms with Crippen LogP contribution < -0.4 is 0 Å². The van der Waals surface area contributed by atoms with E-state index in [1.807, 2.05) is 53.4 Å². The lowest BCUT2D eigenvalue weighted by molar-refractivity contribution is -0.138. The molecule has 0 aliphatic carbocycles. The van der Waals surface area contributed by atoms with Crippen molar-refractivity contribution in [2.45, 2.75) is 19.3 Å². The number of hydrogen-bond donors (Lipinski definition) is 1. The highest BCUT2D eigenvalue weighted by Gasteiger charge is 2.23. The van der Waals surface area contributed by atoms with Crippen molar-refractivity contribution < 1.29 is 9.90 Å². The second kappa shape index (κ2) is 5.09. The molecule has 0 aliphatic heterocycles. The Kier molecular flexibility index (Phi) is 3.28. The van der Waals surface area contributed by atoms with Gasteiger partial charge in [-0.1, -0.05) is 24.3 Å². The summed E-state index contributed by atoms with van der Waals surface area (Å²) in [6.07, 6.45) is 4.24. The minimum absolute atomic E-state index is 0.411. The van der Waals surface area contributed by atoms with Crippen molar-refractivity contribution in [2.24, 2.45) is 0 Å². The number of imidazole rings is 1. The lowest BCUT2D eigenvalue weighted by Gasteiger charge is -2.13. The monoisotopic (exact) mass is 286 g/mol. The average Bonchev–Trinajstić information content (AvgIpc) is 2.97. The van der Waals surface area contributed by atoms with Crippen LogP contribution in [0.15, 0.2) is 42.0 Å². The molecule has 1 N–H and O–H groups in total. The third-order valence-electron chi connectivity index (χ3n) is 3.42. The molecule has 0 amide bonds. The van der Waals surface area contributed by atoms with Crippen LogP contribution in [0.4, 0.5) is 0 Å². The fraction of sp³-hybridized carbons (Fsp3) is 0.200. The normalized spacial score (nSPS) is 12.7. The number of carbonyl (C=O) groups is 1. The first kappa shape index (κ1) is 12.9. The number of aromatic nitrogens is 2. The Morgan fingerprint density at radius 1 is 1.45 bits per heavy atom. The second-order valence-corrected chi connectivity index (χ2v) is 5.65. The van der Waals surface area contributed by atoms with Crippen LogP contribution in [-0.2, 0) is 11.2 Å². The molecular weight excluding hydrogens is 272 g/mol. The lowest BCUT2D eigenvalue weighted by Crippen LogP contribution is -2.15. The van der Waals surface area contributed by atoms with Crippen LogP contribution in [0.3, 0.4) is 0 Å². The largest absolute Gasteiger partial charge is 0.481 e. The summed E-state index contributed by atoms with van der Waals surface area (Å²) in [6, 6.07) is 7.62. The molecule has 3 rings (SSSR count). The number of carboxylic acid groups (broad SMARTS) is 1. The molecule has 0 saturated carbocycles. The molecule has 0 radical (unpaired) electrons. The Morgan fingerprint density at radius 2 is 2.25 bits per heavy atom. The maximum atomic E-state index is 11.6. The first-order valence-electron chi connectivity index (χ1n) is 6.34. The topological polar surface area (TPSA) is 54.6 Å². The van der Waals surface area contributed by atoms with Gasteiger partial charge in [-0.3, -0.25) is 9.20 Å². The maximum absolute atomic E-state index is 11.6. The van der Waals surface area contributed by atoms with Gasteiger partial charge in [0.15, 0.2) is 4.96 Å². The molecule has 2 aromatic heterocycles. The van der Waals surface area contributed by atoms with E-state index in [-0.39, 0.29) is 0 Å². The zero-order valence-electron chi connectivity index (χ0n) is 11.0. The number of aliphatic carboxylic acids is 1. The highest BCUT2D eigenvalue weighted by Crippen LogP contribution is 2.24. The van der Waals surface area contributed by atoms with Crippen LogP contribution in [0.5, 0.6) is 0 Å². The molecule has 0 fully saturated rings. The number of hydrogen-bond acceptors (Lipinski definition) is 3. The van der Waals surface area contributed by atoms with Gasteiger partial charge in [0.1, 0.15) is 0 Å². The van der Waals surface area contributed by atoms with Gasteiger partial charge in [-0.2, -0.15) is 0 Å². The number of nitrogens with zero attached hydrogens (tertiary/aromatic N) is 2. The van der Waals surface area contributed by atoms with Gasteiger partial charge in [-0.15, -0.1) is 11.3 Å². The van der Waals surface area contributed by atoms with Crippen LogP contribution in [0.1, 0.15) is 22.7 Å². The molecule has 1 unspecified atom stereocenters. The molecule has 0 spiro atoms. The number of aryl methyl sites for hydroxylation is 1. The van der Waals surface area contributed by atoms with Crippen molar-refractivity contribution >= 4 is 22.3 Å². The summed E-state index contributed by atoms with van der Waals surface area (Å²) >= 11 is 1.55. The van der Waals surface area contributed by atoms with Crippen LogP contribution >= 0.6 is 11.3 Å². The van der Waals surface area contributed by atoms with Gasteiger partial charge in [0, 0.05) is 24.2 Å². The van der Waals surface area contributed by atoms with E-state index >= 15 is 0 Å². The van der Waals surface area contributed by atoms with Crippen molar-refractivity contribution in [3.05, 3.63) is 58.9 Å². The molecule has 3 aromatic rings. The Labute approximate surface area is 120 Å². The van der Waals surface area contributed by atoms with Gasteiger partial charge in [0.2, 0.25) is 0 Å². The molecule has 1 aromatic carbocycles. The van der Waals surface area contributed by atoms with Gasteiger partial charge in [-0.25, -0.2) is 4.98 Å². The predicted octanol–water partition coefficient (Wildman–Crippen LogP) is 3.12. The van der Waals surface area contributed by atoms with Crippen molar-refractivity contribution in [3.63, 3.8) is 0 Å². The predicted molar refractivity (Wildman–Crippen MR) is 78.3 cm³/mol. The quantitative estimate of drug-likeness (QED) is 0.801. The van der Waals surface area contributed by atoms with Crippen LogP contribution in [0.2, 0.25) is 0 Å². The summed E-state index contributed by atoms with van der Waals surface area (Å²) in [7, 11) is 0. The fourth-order valence-electron chi connectivity index (χ4n) is 2.39. The summed E-state index contributed by atoms with van der Waals surface area (Å²) in [5.41, 5.74) is 2.67. The van der Waals surface area contributed by atoms with Crippen LogP contribution in [0.25, 0.3) is 4.96 Å².